The predicted molar refractivity (Wildman–Crippen MR) is 126 cm³/mol. The van der Waals surface area contributed by atoms with Gasteiger partial charge in [0.2, 0.25) is 0 Å². The zero-order chi connectivity index (χ0) is 23.7. The van der Waals surface area contributed by atoms with E-state index in [1.54, 1.807) is 18.1 Å². The van der Waals surface area contributed by atoms with Crippen molar-refractivity contribution in [2.45, 2.75) is 51.7 Å². The maximum atomic E-state index is 13.1. The number of methoxy groups -OCH3 is 1. The first-order chi connectivity index (χ1) is 15.8. The van der Waals surface area contributed by atoms with Crippen LogP contribution in [0.3, 0.4) is 0 Å². The van der Waals surface area contributed by atoms with Crippen LogP contribution >= 0.6 is 0 Å². The highest BCUT2D eigenvalue weighted by molar-refractivity contribution is 6.46. The number of hydrogen-bond donors (Lipinski definition) is 1. The molecule has 33 heavy (non-hydrogen) atoms. The molecule has 0 bridgehead atoms. The standard InChI is InChI=1S/C27H31NO5/c1-16(2)18-6-8-19(9-7-18)24-23(26(30)27(31)28(24)12-5-13-32-4)25(29)20-10-11-22-21(15-20)14-17(3)33-22/h6-11,15-17,24,29H,5,12-14H2,1-4H3/b25-23+/t17-,24+/m0/s1. The monoisotopic (exact) mass is 449 g/mol. The number of fused-ring (bicyclic) bond motifs is 1. The van der Waals surface area contributed by atoms with Crippen LogP contribution in [-0.4, -0.2) is 48.1 Å². The van der Waals surface area contributed by atoms with E-state index < -0.39 is 17.7 Å². The van der Waals surface area contributed by atoms with Gasteiger partial charge in [-0.1, -0.05) is 38.1 Å². The fourth-order valence-corrected chi connectivity index (χ4v) is 4.62. The lowest BCUT2D eigenvalue weighted by Gasteiger charge is -2.25. The molecule has 2 heterocycles. The Hall–Kier alpha value is -3.12. The first-order valence-corrected chi connectivity index (χ1v) is 11.5. The highest BCUT2D eigenvalue weighted by Gasteiger charge is 2.45. The van der Waals surface area contributed by atoms with Crippen LogP contribution in [0.4, 0.5) is 0 Å². The topological polar surface area (TPSA) is 76.1 Å². The number of ketones is 1. The summed E-state index contributed by atoms with van der Waals surface area (Å²) in [7, 11) is 1.61. The van der Waals surface area contributed by atoms with E-state index >= 15 is 0 Å². The van der Waals surface area contributed by atoms with Crippen LogP contribution in [0.5, 0.6) is 5.75 Å². The number of aliphatic hydroxyl groups excluding tert-OH is 1. The summed E-state index contributed by atoms with van der Waals surface area (Å²) in [5.41, 5.74) is 3.60. The summed E-state index contributed by atoms with van der Waals surface area (Å²) in [5, 5.41) is 11.3. The fourth-order valence-electron chi connectivity index (χ4n) is 4.62. The zero-order valence-electron chi connectivity index (χ0n) is 19.6. The average molecular weight is 450 g/mol. The van der Waals surface area contributed by atoms with Crippen molar-refractivity contribution in [2.24, 2.45) is 0 Å². The molecule has 6 heteroatoms. The summed E-state index contributed by atoms with van der Waals surface area (Å²) in [4.78, 5) is 27.7. The average Bonchev–Trinajstić information content (AvgIpc) is 3.29. The van der Waals surface area contributed by atoms with Gasteiger partial charge in [-0.15, -0.1) is 0 Å². The second-order valence-electron chi connectivity index (χ2n) is 9.12. The number of amides is 1. The Morgan fingerprint density at radius 2 is 1.91 bits per heavy atom. The van der Waals surface area contributed by atoms with Gasteiger partial charge in [0, 0.05) is 32.2 Å². The number of carbonyl (C=O) groups is 2. The van der Waals surface area contributed by atoms with Gasteiger partial charge in [-0.3, -0.25) is 9.59 Å². The molecule has 4 rings (SSSR count). The number of aliphatic hydroxyl groups is 1. The third-order valence-electron chi connectivity index (χ3n) is 6.38. The van der Waals surface area contributed by atoms with E-state index in [4.69, 9.17) is 9.47 Å². The number of ether oxygens (including phenoxy) is 2. The maximum Gasteiger partial charge on any atom is 0.295 e. The molecule has 0 spiro atoms. The summed E-state index contributed by atoms with van der Waals surface area (Å²) in [5.74, 6) is -0.248. The Bertz CT molecular complexity index is 1090. The van der Waals surface area contributed by atoms with Crippen molar-refractivity contribution >= 4 is 17.4 Å². The molecule has 1 saturated heterocycles. The lowest BCUT2D eigenvalue weighted by molar-refractivity contribution is -0.140. The normalized spacial score (nSPS) is 21.5. The maximum absolute atomic E-state index is 13.1. The Balaban J connectivity index is 1.79. The molecule has 2 aliphatic rings. The molecule has 1 fully saturated rings. The van der Waals surface area contributed by atoms with Crippen molar-refractivity contribution in [3.05, 3.63) is 70.3 Å². The van der Waals surface area contributed by atoms with E-state index in [0.29, 0.717) is 31.1 Å². The van der Waals surface area contributed by atoms with Crippen molar-refractivity contribution < 1.29 is 24.2 Å². The Morgan fingerprint density at radius 3 is 2.58 bits per heavy atom. The Kier molecular flexibility index (Phi) is 6.56. The number of nitrogens with zero attached hydrogens (tertiary/aromatic N) is 1. The van der Waals surface area contributed by atoms with Gasteiger partial charge in [0.1, 0.15) is 17.6 Å². The van der Waals surface area contributed by atoms with Crippen LogP contribution in [0, 0.1) is 0 Å². The van der Waals surface area contributed by atoms with Crippen LogP contribution in [0.25, 0.3) is 5.76 Å². The minimum atomic E-state index is -0.659. The SMILES string of the molecule is COCCCN1C(=O)C(=O)/C(=C(/O)c2ccc3c(c2)C[C@H](C)O3)[C@H]1c1ccc(C(C)C)cc1. The molecule has 0 aliphatic carbocycles. The van der Waals surface area contributed by atoms with E-state index in [9.17, 15) is 14.7 Å². The predicted octanol–water partition coefficient (Wildman–Crippen LogP) is 4.59. The van der Waals surface area contributed by atoms with E-state index in [1.165, 1.54) is 5.56 Å². The van der Waals surface area contributed by atoms with Crippen LogP contribution < -0.4 is 4.74 Å². The molecule has 2 aromatic rings. The number of benzene rings is 2. The smallest absolute Gasteiger partial charge is 0.295 e. The second kappa shape index (κ2) is 9.40. The second-order valence-corrected chi connectivity index (χ2v) is 9.12. The highest BCUT2D eigenvalue weighted by atomic mass is 16.5. The summed E-state index contributed by atoms with van der Waals surface area (Å²) in [6.45, 7) is 7.06. The van der Waals surface area contributed by atoms with Crippen LogP contribution in [0.1, 0.15) is 61.4 Å². The van der Waals surface area contributed by atoms with Gasteiger partial charge < -0.3 is 19.5 Å². The van der Waals surface area contributed by atoms with E-state index in [-0.39, 0.29) is 17.4 Å². The fraction of sp³-hybridized carbons (Fsp3) is 0.407. The van der Waals surface area contributed by atoms with Gasteiger partial charge in [-0.05, 0) is 54.2 Å². The third kappa shape index (κ3) is 4.40. The Labute approximate surface area is 194 Å². The molecule has 1 N–H and O–H groups in total. The van der Waals surface area contributed by atoms with Crippen molar-refractivity contribution in [1.29, 1.82) is 0 Å². The van der Waals surface area contributed by atoms with E-state index in [2.05, 4.69) is 13.8 Å². The van der Waals surface area contributed by atoms with Crippen LogP contribution in [-0.2, 0) is 20.7 Å². The molecular weight excluding hydrogens is 418 g/mol. The van der Waals surface area contributed by atoms with Crippen molar-refractivity contribution in [2.75, 3.05) is 20.3 Å². The van der Waals surface area contributed by atoms with Gasteiger partial charge in [0.05, 0.1) is 11.6 Å². The third-order valence-corrected chi connectivity index (χ3v) is 6.38. The molecule has 1 amide bonds. The largest absolute Gasteiger partial charge is 0.507 e. The molecule has 2 atom stereocenters. The van der Waals surface area contributed by atoms with Gasteiger partial charge in [0.25, 0.3) is 11.7 Å². The summed E-state index contributed by atoms with van der Waals surface area (Å²) in [6, 6.07) is 12.7. The van der Waals surface area contributed by atoms with Gasteiger partial charge in [-0.2, -0.15) is 0 Å². The molecule has 174 valence electrons. The van der Waals surface area contributed by atoms with Gasteiger partial charge >= 0.3 is 0 Å². The number of carbonyl (C=O) groups excluding carboxylic acids is 2. The number of likely N-dealkylation sites (tertiary alicyclic amines) is 1. The van der Waals surface area contributed by atoms with Crippen molar-refractivity contribution in [1.82, 2.24) is 4.90 Å². The molecule has 2 aliphatic heterocycles. The number of rotatable bonds is 7. The number of hydrogen-bond acceptors (Lipinski definition) is 5. The molecule has 2 aromatic carbocycles. The molecule has 0 radical (unpaired) electrons. The highest BCUT2D eigenvalue weighted by Crippen LogP contribution is 2.41. The van der Waals surface area contributed by atoms with Crippen molar-refractivity contribution in [3.8, 4) is 5.75 Å². The first kappa shape index (κ1) is 23.1. The molecule has 0 aromatic heterocycles. The lowest BCUT2D eigenvalue weighted by atomic mass is 9.92. The molecule has 0 saturated carbocycles. The van der Waals surface area contributed by atoms with Crippen molar-refractivity contribution in [3.63, 3.8) is 0 Å². The van der Waals surface area contributed by atoms with E-state index in [1.807, 2.05) is 43.3 Å². The minimum Gasteiger partial charge on any atom is -0.507 e. The summed E-state index contributed by atoms with van der Waals surface area (Å²) >= 11 is 0. The molecule has 0 unspecified atom stereocenters. The van der Waals surface area contributed by atoms with Gasteiger partial charge in [0.15, 0.2) is 0 Å². The quantitative estimate of drug-likeness (QED) is 0.290. The van der Waals surface area contributed by atoms with Gasteiger partial charge in [-0.25, -0.2) is 0 Å². The van der Waals surface area contributed by atoms with Crippen LogP contribution in [0.2, 0.25) is 0 Å². The zero-order valence-corrected chi connectivity index (χ0v) is 19.6. The molecular formula is C27H31NO5. The first-order valence-electron chi connectivity index (χ1n) is 11.5. The molecule has 6 nitrogen and oxygen atoms in total. The van der Waals surface area contributed by atoms with E-state index in [0.717, 1.165) is 23.3 Å². The summed E-state index contributed by atoms with van der Waals surface area (Å²) in [6.07, 6.45) is 1.41. The summed E-state index contributed by atoms with van der Waals surface area (Å²) < 4.78 is 10.9. The van der Waals surface area contributed by atoms with Crippen LogP contribution in [0.15, 0.2) is 48.0 Å². The minimum absolute atomic E-state index is 0.0724. The Morgan fingerprint density at radius 1 is 1.18 bits per heavy atom. The lowest BCUT2D eigenvalue weighted by Crippen LogP contribution is -2.31. The number of Topliss-reactive ketones (excluding diaryl/α,β-unsaturated/α-hetero) is 1.